The van der Waals surface area contributed by atoms with E-state index in [1.165, 1.54) is 0 Å². The first-order valence-corrected chi connectivity index (χ1v) is 8.58. The van der Waals surface area contributed by atoms with Crippen LogP contribution in [0.3, 0.4) is 0 Å². The SMILES string of the molecule is COc1ccc(COc2cc(CCl)nc(-c3cccc(C#N)c3)c2)cc1. The van der Waals surface area contributed by atoms with E-state index < -0.39 is 0 Å². The second kappa shape index (κ2) is 8.37. The van der Waals surface area contributed by atoms with Crippen LogP contribution in [0.5, 0.6) is 11.5 Å². The highest BCUT2D eigenvalue weighted by molar-refractivity contribution is 6.16. The summed E-state index contributed by atoms with van der Waals surface area (Å²) in [6.07, 6.45) is 0. The summed E-state index contributed by atoms with van der Waals surface area (Å²) in [5, 5.41) is 9.09. The van der Waals surface area contributed by atoms with Gasteiger partial charge in [-0.3, -0.25) is 4.98 Å². The molecule has 130 valence electrons. The summed E-state index contributed by atoms with van der Waals surface area (Å²) in [4.78, 5) is 4.54. The zero-order valence-electron chi connectivity index (χ0n) is 14.3. The topological polar surface area (TPSA) is 55.1 Å². The number of rotatable bonds is 6. The highest BCUT2D eigenvalue weighted by Crippen LogP contribution is 2.25. The number of nitrogens with zero attached hydrogens (tertiary/aromatic N) is 2. The van der Waals surface area contributed by atoms with E-state index >= 15 is 0 Å². The predicted molar refractivity (Wildman–Crippen MR) is 101 cm³/mol. The van der Waals surface area contributed by atoms with Crippen LogP contribution in [-0.4, -0.2) is 12.1 Å². The van der Waals surface area contributed by atoms with Crippen molar-refractivity contribution in [2.75, 3.05) is 7.11 Å². The Morgan fingerprint density at radius 3 is 2.54 bits per heavy atom. The monoisotopic (exact) mass is 364 g/mol. The molecule has 0 aliphatic carbocycles. The molecule has 0 saturated carbocycles. The molecule has 5 heteroatoms. The molecule has 3 aromatic rings. The summed E-state index contributed by atoms with van der Waals surface area (Å²) >= 11 is 5.98. The molecule has 1 heterocycles. The maximum Gasteiger partial charge on any atom is 0.123 e. The van der Waals surface area contributed by atoms with Gasteiger partial charge in [0.2, 0.25) is 0 Å². The molecule has 0 radical (unpaired) electrons. The number of hydrogen-bond donors (Lipinski definition) is 0. The highest BCUT2D eigenvalue weighted by Gasteiger charge is 2.07. The van der Waals surface area contributed by atoms with Gasteiger partial charge in [0.15, 0.2) is 0 Å². The van der Waals surface area contributed by atoms with Crippen LogP contribution in [0.4, 0.5) is 0 Å². The third-order valence-electron chi connectivity index (χ3n) is 3.84. The summed E-state index contributed by atoms with van der Waals surface area (Å²) in [6, 6.07) is 20.8. The van der Waals surface area contributed by atoms with E-state index in [1.807, 2.05) is 48.5 Å². The van der Waals surface area contributed by atoms with Crippen molar-refractivity contribution >= 4 is 11.6 Å². The average molecular weight is 365 g/mol. The first-order chi connectivity index (χ1) is 12.7. The van der Waals surface area contributed by atoms with Gasteiger partial charge < -0.3 is 9.47 Å². The normalized spacial score (nSPS) is 10.2. The fraction of sp³-hybridized carbons (Fsp3) is 0.143. The molecule has 4 nitrogen and oxygen atoms in total. The standard InChI is InChI=1S/C21H17ClN2O2/c1-25-19-7-5-15(6-8-19)14-26-20-10-18(12-22)24-21(11-20)17-4-2-3-16(9-17)13-23/h2-11H,12,14H2,1H3. The molecule has 0 atom stereocenters. The van der Waals surface area contributed by atoms with E-state index in [4.69, 9.17) is 26.3 Å². The third kappa shape index (κ3) is 4.33. The number of pyridine rings is 1. The van der Waals surface area contributed by atoms with Crippen LogP contribution in [0, 0.1) is 11.3 Å². The van der Waals surface area contributed by atoms with Crippen molar-refractivity contribution in [3.8, 4) is 28.8 Å². The number of nitriles is 1. The van der Waals surface area contributed by atoms with Gasteiger partial charge in [-0.2, -0.15) is 5.26 Å². The van der Waals surface area contributed by atoms with Gasteiger partial charge in [-0.05, 0) is 29.8 Å². The Balaban J connectivity index is 1.83. The molecule has 1 aromatic heterocycles. The van der Waals surface area contributed by atoms with Crippen molar-refractivity contribution in [3.63, 3.8) is 0 Å². The number of methoxy groups -OCH3 is 1. The Bertz CT molecular complexity index is 933. The van der Waals surface area contributed by atoms with E-state index in [1.54, 1.807) is 19.2 Å². The number of alkyl halides is 1. The summed E-state index contributed by atoms with van der Waals surface area (Å²) in [7, 11) is 1.64. The van der Waals surface area contributed by atoms with E-state index in [0.717, 1.165) is 28.3 Å². The molecule has 3 rings (SSSR count). The largest absolute Gasteiger partial charge is 0.497 e. The molecule has 0 saturated heterocycles. The second-order valence-electron chi connectivity index (χ2n) is 5.64. The van der Waals surface area contributed by atoms with E-state index in [0.29, 0.717) is 17.9 Å². The second-order valence-corrected chi connectivity index (χ2v) is 5.91. The minimum absolute atomic E-state index is 0.282. The van der Waals surface area contributed by atoms with Gasteiger partial charge in [0.25, 0.3) is 0 Å². The van der Waals surface area contributed by atoms with Crippen LogP contribution < -0.4 is 9.47 Å². The number of benzene rings is 2. The molecule has 0 spiro atoms. The Labute approximate surface area is 157 Å². The fourth-order valence-corrected chi connectivity index (χ4v) is 2.63. The van der Waals surface area contributed by atoms with Gasteiger partial charge >= 0.3 is 0 Å². The Morgan fingerprint density at radius 1 is 1.04 bits per heavy atom. The third-order valence-corrected chi connectivity index (χ3v) is 4.11. The quantitative estimate of drug-likeness (QED) is 0.581. The number of ether oxygens (including phenoxy) is 2. The molecule has 0 unspecified atom stereocenters. The Kier molecular flexibility index (Phi) is 5.73. The van der Waals surface area contributed by atoms with Gasteiger partial charge in [-0.1, -0.05) is 24.3 Å². The lowest BCUT2D eigenvalue weighted by Crippen LogP contribution is -1.98. The van der Waals surface area contributed by atoms with Crippen LogP contribution in [-0.2, 0) is 12.5 Å². The first kappa shape index (κ1) is 17.8. The average Bonchev–Trinajstić information content (AvgIpc) is 2.72. The lowest BCUT2D eigenvalue weighted by Gasteiger charge is -2.11. The molecule has 0 amide bonds. The summed E-state index contributed by atoms with van der Waals surface area (Å²) in [5.74, 6) is 1.77. The van der Waals surface area contributed by atoms with Gasteiger partial charge in [0, 0.05) is 17.7 Å². The van der Waals surface area contributed by atoms with Crippen LogP contribution in [0.1, 0.15) is 16.8 Å². The minimum atomic E-state index is 0.282. The fourth-order valence-electron chi connectivity index (χ4n) is 2.50. The maximum atomic E-state index is 9.09. The maximum absolute atomic E-state index is 9.09. The van der Waals surface area contributed by atoms with Crippen molar-refractivity contribution in [1.82, 2.24) is 4.98 Å². The van der Waals surface area contributed by atoms with E-state index in [-0.39, 0.29) is 5.88 Å². The number of aromatic nitrogens is 1. The van der Waals surface area contributed by atoms with Gasteiger partial charge in [0.1, 0.15) is 18.1 Å². The zero-order valence-corrected chi connectivity index (χ0v) is 15.0. The lowest BCUT2D eigenvalue weighted by molar-refractivity contribution is 0.305. The van der Waals surface area contributed by atoms with Crippen LogP contribution in [0.15, 0.2) is 60.7 Å². The predicted octanol–water partition coefficient (Wildman–Crippen LogP) is 4.95. The van der Waals surface area contributed by atoms with E-state index in [2.05, 4.69) is 11.1 Å². The molecule has 0 N–H and O–H groups in total. The van der Waals surface area contributed by atoms with Crippen molar-refractivity contribution in [2.24, 2.45) is 0 Å². The molecular formula is C21H17ClN2O2. The lowest BCUT2D eigenvalue weighted by atomic mass is 10.1. The van der Waals surface area contributed by atoms with Gasteiger partial charge in [-0.15, -0.1) is 11.6 Å². The highest BCUT2D eigenvalue weighted by atomic mass is 35.5. The van der Waals surface area contributed by atoms with Crippen molar-refractivity contribution in [1.29, 1.82) is 5.26 Å². The van der Waals surface area contributed by atoms with Crippen LogP contribution in [0.25, 0.3) is 11.3 Å². The minimum Gasteiger partial charge on any atom is -0.497 e. The van der Waals surface area contributed by atoms with Gasteiger partial charge in [-0.25, -0.2) is 0 Å². The molecule has 0 aliphatic heterocycles. The van der Waals surface area contributed by atoms with Crippen LogP contribution >= 0.6 is 11.6 Å². The summed E-state index contributed by atoms with van der Waals surface area (Å²) in [6.45, 7) is 0.424. The number of halogens is 1. The molecule has 0 aliphatic rings. The molecule has 2 aromatic carbocycles. The first-order valence-electron chi connectivity index (χ1n) is 8.05. The Morgan fingerprint density at radius 2 is 1.85 bits per heavy atom. The molecule has 0 fully saturated rings. The smallest absolute Gasteiger partial charge is 0.123 e. The van der Waals surface area contributed by atoms with E-state index in [9.17, 15) is 0 Å². The van der Waals surface area contributed by atoms with Crippen molar-refractivity contribution < 1.29 is 9.47 Å². The van der Waals surface area contributed by atoms with Crippen LogP contribution in [0.2, 0.25) is 0 Å². The van der Waals surface area contributed by atoms with Crippen molar-refractivity contribution in [2.45, 2.75) is 12.5 Å². The summed E-state index contributed by atoms with van der Waals surface area (Å²) in [5.41, 5.74) is 3.91. The molecular weight excluding hydrogens is 348 g/mol. The van der Waals surface area contributed by atoms with Crippen molar-refractivity contribution in [3.05, 3.63) is 77.5 Å². The number of hydrogen-bond acceptors (Lipinski definition) is 4. The zero-order chi connectivity index (χ0) is 18.4. The molecule has 26 heavy (non-hydrogen) atoms. The summed E-state index contributed by atoms with van der Waals surface area (Å²) < 4.78 is 11.1. The van der Waals surface area contributed by atoms with Gasteiger partial charge in [0.05, 0.1) is 36.0 Å². The Hall–Kier alpha value is -3.03. The molecule has 0 bridgehead atoms.